The summed E-state index contributed by atoms with van der Waals surface area (Å²) in [5.41, 5.74) is 1.93. The van der Waals surface area contributed by atoms with E-state index in [2.05, 4.69) is 38.1 Å². The molecule has 0 aliphatic rings. The highest BCUT2D eigenvalue weighted by Crippen LogP contribution is 2.25. The number of benzene rings is 1. The summed E-state index contributed by atoms with van der Waals surface area (Å²) in [5, 5.41) is 9.59. The molecule has 4 nitrogen and oxygen atoms in total. The Morgan fingerprint density at radius 3 is 3.05 bits per heavy atom. The number of halogens is 1. The van der Waals surface area contributed by atoms with Gasteiger partial charge in [0.15, 0.2) is 5.16 Å². The molecule has 1 N–H and O–H groups in total. The first kappa shape index (κ1) is 16.5. The fourth-order valence-corrected chi connectivity index (χ4v) is 3.63. The number of aryl methyl sites for hydroxylation is 1. The zero-order chi connectivity index (χ0) is 15.2. The standard InChI is InChI=1S/C14H13IN2O2S2/c1-2-6-20-7-5-17-12-4-3-10(15)8-11(12)16-14(17)21-9-13(18)19/h1,3-4,8H,5-7,9H2,(H,18,19). The lowest BCUT2D eigenvalue weighted by molar-refractivity contribution is -0.133. The number of terminal acetylenes is 1. The molecule has 1 aromatic carbocycles. The van der Waals surface area contributed by atoms with Crippen molar-refractivity contribution in [1.82, 2.24) is 9.55 Å². The Morgan fingerprint density at radius 2 is 2.33 bits per heavy atom. The number of rotatable bonds is 7. The van der Waals surface area contributed by atoms with Crippen LogP contribution in [0.5, 0.6) is 0 Å². The first-order chi connectivity index (χ1) is 10.1. The molecule has 0 radical (unpaired) electrons. The third-order valence-electron chi connectivity index (χ3n) is 2.64. The normalized spacial score (nSPS) is 10.7. The second kappa shape index (κ2) is 7.96. The second-order valence-electron chi connectivity index (χ2n) is 4.12. The predicted octanol–water partition coefficient (Wildman–Crippen LogP) is 3.18. The number of nitrogens with zero attached hydrogens (tertiary/aromatic N) is 2. The second-order valence-corrected chi connectivity index (χ2v) is 7.41. The van der Waals surface area contributed by atoms with E-state index in [4.69, 9.17) is 11.5 Å². The van der Waals surface area contributed by atoms with Gasteiger partial charge >= 0.3 is 5.97 Å². The topological polar surface area (TPSA) is 55.1 Å². The van der Waals surface area contributed by atoms with Crippen LogP contribution < -0.4 is 0 Å². The van der Waals surface area contributed by atoms with Gasteiger partial charge in [0, 0.05) is 15.9 Å². The largest absolute Gasteiger partial charge is 0.481 e. The molecular weight excluding hydrogens is 419 g/mol. The van der Waals surface area contributed by atoms with Crippen LogP contribution in [0.2, 0.25) is 0 Å². The lowest BCUT2D eigenvalue weighted by atomic mass is 10.3. The summed E-state index contributed by atoms with van der Waals surface area (Å²) in [6.45, 7) is 0.769. The fraction of sp³-hybridized carbons (Fsp3) is 0.286. The molecule has 0 saturated carbocycles. The molecule has 1 heterocycles. The van der Waals surface area contributed by atoms with Gasteiger partial charge < -0.3 is 9.67 Å². The minimum atomic E-state index is -0.838. The molecule has 1 aromatic heterocycles. The molecule has 21 heavy (non-hydrogen) atoms. The Kier molecular flexibility index (Phi) is 6.26. The number of aromatic nitrogens is 2. The molecule has 0 aliphatic heterocycles. The van der Waals surface area contributed by atoms with Gasteiger partial charge in [-0.15, -0.1) is 18.2 Å². The van der Waals surface area contributed by atoms with Crippen molar-refractivity contribution in [3.8, 4) is 12.3 Å². The van der Waals surface area contributed by atoms with Gasteiger partial charge in [0.25, 0.3) is 0 Å². The molecule has 0 atom stereocenters. The molecule has 2 aromatic rings. The third kappa shape index (κ3) is 4.56. The molecule has 2 rings (SSSR count). The number of aliphatic carboxylic acids is 1. The SMILES string of the molecule is C#CCSCCn1c(SCC(=O)O)nc2cc(I)ccc21. The van der Waals surface area contributed by atoms with Crippen LogP contribution in [-0.2, 0) is 11.3 Å². The maximum Gasteiger partial charge on any atom is 0.313 e. The number of thioether (sulfide) groups is 2. The van der Waals surface area contributed by atoms with Gasteiger partial charge in [0.05, 0.1) is 22.5 Å². The highest BCUT2D eigenvalue weighted by Gasteiger charge is 2.12. The maximum absolute atomic E-state index is 10.8. The average Bonchev–Trinajstić information content (AvgIpc) is 2.78. The smallest absolute Gasteiger partial charge is 0.313 e. The van der Waals surface area contributed by atoms with Gasteiger partial charge in [-0.3, -0.25) is 4.79 Å². The van der Waals surface area contributed by atoms with Crippen molar-refractivity contribution < 1.29 is 9.90 Å². The molecular formula is C14H13IN2O2S2. The number of imidazole rings is 1. The zero-order valence-corrected chi connectivity index (χ0v) is 14.9. The summed E-state index contributed by atoms with van der Waals surface area (Å²) in [5.74, 6) is 3.33. The summed E-state index contributed by atoms with van der Waals surface area (Å²) < 4.78 is 3.18. The molecule has 0 fully saturated rings. The lowest BCUT2D eigenvalue weighted by Crippen LogP contribution is -2.05. The van der Waals surface area contributed by atoms with Crippen molar-refractivity contribution in [2.24, 2.45) is 0 Å². The Hall–Kier alpha value is -0.850. The summed E-state index contributed by atoms with van der Waals surface area (Å²) in [7, 11) is 0. The molecule has 0 amide bonds. The monoisotopic (exact) mass is 432 g/mol. The van der Waals surface area contributed by atoms with E-state index in [1.165, 1.54) is 11.8 Å². The van der Waals surface area contributed by atoms with E-state index in [-0.39, 0.29) is 5.75 Å². The van der Waals surface area contributed by atoms with E-state index in [1.807, 2.05) is 18.2 Å². The molecule has 110 valence electrons. The van der Waals surface area contributed by atoms with Crippen molar-refractivity contribution in [2.75, 3.05) is 17.3 Å². The van der Waals surface area contributed by atoms with Crippen LogP contribution in [0.25, 0.3) is 11.0 Å². The fourth-order valence-electron chi connectivity index (χ4n) is 1.82. The zero-order valence-electron chi connectivity index (χ0n) is 11.1. The van der Waals surface area contributed by atoms with Crippen LogP contribution in [0.4, 0.5) is 0 Å². The van der Waals surface area contributed by atoms with E-state index in [9.17, 15) is 4.79 Å². The van der Waals surface area contributed by atoms with Crippen molar-refractivity contribution in [1.29, 1.82) is 0 Å². The minimum Gasteiger partial charge on any atom is -0.481 e. The molecule has 0 aliphatic carbocycles. The highest BCUT2D eigenvalue weighted by molar-refractivity contribution is 14.1. The van der Waals surface area contributed by atoms with Crippen LogP contribution in [0.15, 0.2) is 23.4 Å². The van der Waals surface area contributed by atoms with E-state index >= 15 is 0 Å². The number of hydrogen-bond acceptors (Lipinski definition) is 4. The Morgan fingerprint density at radius 1 is 1.52 bits per heavy atom. The van der Waals surface area contributed by atoms with E-state index < -0.39 is 5.97 Å². The summed E-state index contributed by atoms with van der Waals surface area (Å²) >= 11 is 5.18. The van der Waals surface area contributed by atoms with Crippen molar-refractivity contribution in [3.05, 3.63) is 21.8 Å². The van der Waals surface area contributed by atoms with Crippen LogP contribution in [-0.4, -0.2) is 37.9 Å². The van der Waals surface area contributed by atoms with E-state index in [1.54, 1.807) is 11.8 Å². The number of carboxylic acids is 1. The molecule has 7 heteroatoms. The van der Waals surface area contributed by atoms with Gasteiger partial charge in [-0.2, -0.15) is 0 Å². The number of hydrogen-bond donors (Lipinski definition) is 1. The van der Waals surface area contributed by atoms with Crippen molar-refractivity contribution in [3.63, 3.8) is 0 Å². The first-order valence-electron chi connectivity index (χ1n) is 6.13. The van der Waals surface area contributed by atoms with Gasteiger partial charge in [-0.25, -0.2) is 4.98 Å². The molecule has 0 saturated heterocycles. The third-order valence-corrected chi connectivity index (χ3v) is 5.12. The lowest BCUT2D eigenvalue weighted by Gasteiger charge is -2.07. The quantitative estimate of drug-likeness (QED) is 0.315. The molecule has 0 bridgehead atoms. The predicted molar refractivity (Wildman–Crippen MR) is 97.0 cm³/mol. The van der Waals surface area contributed by atoms with E-state index in [0.29, 0.717) is 5.75 Å². The first-order valence-corrected chi connectivity index (χ1v) is 9.35. The molecule has 0 spiro atoms. The van der Waals surface area contributed by atoms with Crippen LogP contribution in [0.3, 0.4) is 0 Å². The van der Waals surface area contributed by atoms with Gasteiger partial charge in [-0.05, 0) is 40.8 Å². The number of carbonyl (C=O) groups is 1. The van der Waals surface area contributed by atoms with Gasteiger partial charge in [0.2, 0.25) is 0 Å². The summed E-state index contributed by atoms with van der Waals surface area (Å²) in [6, 6.07) is 6.06. The Labute approximate surface area is 145 Å². The van der Waals surface area contributed by atoms with Gasteiger partial charge in [-0.1, -0.05) is 17.7 Å². The van der Waals surface area contributed by atoms with Gasteiger partial charge in [0.1, 0.15) is 0 Å². The number of fused-ring (bicyclic) bond motifs is 1. The Bertz CT molecular complexity index is 694. The van der Waals surface area contributed by atoms with Crippen molar-refractivity contribution in [2.45, 2.75) is 11.7 Å². The maximum atomic E-state index is 10.8. The van der Waals surface area contributed by atoms with Crippen LogP contribution in [0, 0.1) is 15.9 Å². The van der Waals surface area contributed by atoms with Crippen LogP contribution in [0.1, 0.15) is 0 Å². The summed E-state index contributed by atoms with van der Waals surface area (Å²) in [4.78, 5) is 15.3. The number of carboxylic acid groups (broad SMARTS) is 1. The van der Waals surface area contributed by atoms with E-state index in [0.717, 1.165) is 32.1 Å². The highest BCUT2D eigenvalue weighted by atomic mass is 127. The average molecular weight is 432 g/mol. The minimum absolute atomic E-state index is 0.0118. The Balaban J connectivity index is 2.26. The summed E-state index contributed by atoms with van der Waals surface area (Å²) in [6.07, 6.45) is 5.25. The van der Waals surface area contributed by atoms with Crippen LogP contribution >= 0.6 is 46.1 Å². The van der Waals surface area contributed by atoms with Crippen molar-refractivity contribution >= 4 is 63.1 Å². The molecule has 0 unspecified atom stereocenters.